The minimum atomic E-state index is -0.576. The highest BCUT2D eigenvalue weighted by Gasteiger charge is 2.24. The number of amides is 1. The molecule has 5 nitrogen and oxygen atoms in total. The molecule has 2 N–H and O–H groups in total. The highest BCUT2D eigenvalue weighted by molar-refractivity contribution is 5.94. The molecule has 1 fully saturated rings. The summed E-state index contributed by atoms with van der Waals surface area (Å²) in [7, 11) is 0. The number of β-amino-alcohol motifs (C(OH)–C–C–N with tert-alkyl or cyclic N) is 1. The van der Waals surface area contributed by atoms with Gasteiger partial charge in [0.2, 0.25) is 0 Å². The monoisotopic (exact) mass is 435 g/mol. The number of fused-ring (bicyclic) bond motifs is 1. The lowest BCUT2D eigenvalue weighted by Crippen LogP contribution is -2.42. The first-order valence-corrected chi connectivity index (χ1v) is 12.1. The molecule has 2 atom stereocenters. The van der Waals surface area contributed by atoms with Gasteiger partial charge in [0.05, 0.1) is 6.10 Å². The Morgan fingerprint density at radius 1 is 1.12 bits per heavy atom. The first-order valence-electron chi connectivity index (χ1n) is 12.1. The van der Waals surface area contributed by atoms with Crippen LogP contribution >= 0.6 is 0 Å². The Kier molecular flexibility index (Phi) is 7.61. The van der Waals surface area contributed by atoms with E-state index in [4.69, 9.17) is 0 Å². The fourth-order valence-electron chi connectivity index (χ4n) is 5.06. The van der Waals surface area contributed by atoms with Crippen LogP contribution in [-0.2, 0) is 19.4 Å². The third-order valence-corrected chi connectivity index (χ3v) is 6.94. The molecule has 1 saturated heterocycles. The number of aliphatic hydroxyl groups is 1. The van der Waals surface area contributed by atoms with E-state index < -0.39 is 6.10 Å². The van der Waals surface area contributed by atoms with Gasteiger partial charge in [-0.2, -0.15) is 0 Å². The van der Waals surface area contributed by atoms with Crippen molar-refractivity contribution < 1.29 is 9.90 Å². The van der Waals surface area contributed by atoms with Crippen LogP contribution in [0.3, 0.4) is 0 Å². The average Bonchev–Trinajstić information content (AvgIpc) is 3.26. The molecule has 0 saturated carbocycles. The Bertz CT molecular complexity index is 913. The molecule has 172 valence electrons. The number of aliphatic hydroxyl groups excluding tert-OH is 1. The number of hydrogen-bond donors (Lipinski definition) is 2. The molecule has 0 aliphatic carbocycles. The number of nitrogens with one attached hydrogen (secondary N) is 1. The summed E-state index contributed by atoms with van der Waals surface area (Å²) in [6, 6.07) is 17.1. The molecular formula is C27H37N3O2. The Morgan fingerprint density at radius 3 is 2.72 bits per heavy atom. The smallest absolute Gasteiger partial charge is 0.251 e. The lowest BCUT2D eigenvalue weighted by atomic mass is 9.97. The van der Waals surface area contributed by atoms with Crippen LogP contribution in [-0.4, -0.2) is 65.7 Å². The SMILES string of the molecule is CC(C)N1CCC(Cc2cccc(C(=O)NCC(O)CN3CCc4ccccc4C3)c2)C1. The highest BCUT2D eigenvalue weighted by atomic mass is 16.3. The van der Waals surface area contributed by atoms with E-state index in [2.05, 4.69) is 59.3 Å². The van der Waals surface area contributed by atoms with Crippen molar-refractivity contribution >= 4 is 5.91 Å². The Labute approximate surface area is 192 Å². The minimum Gasteiger partial charge on any atom is -0.390 e. The first-order chi connectivity index (χ1) is 15.5. The van der Waals surface area contributed by atoms with Crippen molar-refractivity contribution in [1.82, 2.24) is 15.1 Å². The molecule has 2 heterocycles. The third-order valence-electron chi connectivity index (χ3n) is 6.94. The van der Waals surface area contributed by atoms with Crippen LogP contribution < -0.4 is 5.32 Å². The van der Waals surface area contributed by atoms with Gasteiger partial charge in [-0.05, 0) is 74.4 Å². The standard InChI is InChI=1S/C27H37N3O2/c1-20(2)30-13-10-22(17-30)14-21-6-5-9-24(15-21)27(32)28-16-26(31)19-29-12-11-23-7-3-4-8-25(23)18-29/h3-9,15,20,22,26,31H,10-14,16-19H2,1-2H3,(H,28,32). The molecule has 0 bridgehead atoms. The molecule has 2 aliphatic rings. The molecule has 0 radical (unpaired) electrons. The zero-order chi connectivity index (χ0) is 22.5. The largest absolute Gasteiger partial charge is 0.390 e. The van der Waals surface area contributed by atoms with Gasteiger partial charge in [-0.3, -0.25) is 9.69 Å². The maximum absolute atomic E-state index is 12.7. The molecular weight excluding hydrogens is 398 g/mol. The van der Waals surface area contributed by atoms with E-state index in [-0.39, 0.29) is 12.5 Å². The zero-order valence-electron chi connectivity index (χ0n) is 19.5. The quantitative estimate of drug-likeness (QED) is 0.669. The second kappa shape index (κ2) is 10.6. The molecule has 2 unspecified atom stereocenters. The van der Waals surface area contributed by atoms with Crippen LogP contribution in [0.4, 0.5) is 0 Å². The van der Waals surface area contributed by atoms with Gasteiger partial charge in [-0.1, -0.05) is 36.4 Å². The van der Waals surface area contributed by atoms with Gasteiger partial charge in [0.15, 0.2) is 0 Å². The van der Waals surface area contributed by atoms with Gasteiger partial charge in [0, 0.05) is 44.3 Å². The van der Waals surface area contributed by atoms with Crippen molar-refractivity contribution in [3.8, 4) is 0 Å². The second-order valence-electron chi connectivity index (χ2n) is 9.77. The summed E-state index contributed by atoms with van der Waals surface area (Å²) in [4.78, 5) is 17.5. The highest BCUT2D eigenvalue weighted by Crippen LogP contribution is 2.23. The lowest BCUT2D eigenvalue weighted by Gasteiger charge is -2.30. The van der Waals surface area contributed by atoms with Crippen molar-refractivity contribution in [3.63, 3.8) is 0 Å². The molecule has 2 aliphatic heterocycles. The van der Waals surface area contributed by atoms with E-state index in [0.717, 1.165) is 32.5 Å². The summed E-state index contributed by atoms with van der Waals surface area (Å²) in [5, 5.41) is 13.4. The molecule has 0 aromatic heterocycles. The average molecular weight is 436 g/mol. The van der Waals surface area contributed by atoms with Crippen LogP contribution in [0.25, 0.3) is 0 Å². The topological polar surface area (TPSA) is 55.8 Å². The number of likely N-dealkylation sites (tertiary alicyclic amines) is 1. The van der Waals surface area contributed by atoms with Crippen molar-refractivity contribution in [2.24, 2.45) is 5.92 Å². The van der Waals surface area contributed by atoms with Gasteiger partial charge >= 0.3 is 0 Å². The third kappa shape index (κ3) is 5.97. The fraction of sp³-hybridized carbons (Fsp3) is 0.519. The van der Waals surface area contributed by atoms with Crippen LogP contribution in [0.15, 0.2) is 48.5 Å². The summed E-state index contributed by atoms with van der Waals surface area (Å²) in [6.45, 7) is 9.47. The molecule has 0 spiro atoms. The number of carbonyl (C=O) groups excluding carboxylic acids is 1. The summed E-state index contributed by atoms with van der Waals surface area (Å²) < 4.78 is 0. The van der Waals surface area contributed by atoms with Crippen molar-refractivity contribution in [1.29, 1.82) is 0 Å². The van der Waals surface area contributed by atoms with Gasteiger partial charge < -0.3 is 15.3 Å². The molecule has 4 rings (SSSR count). The van der Waals surface area contributed by atoms with Crippen LogP contribution in [0.1, 0.15) is 47.3 Å². The maximum Gasteiger partial charge on any atom is 0.251 e. The van der Waals surface area contributed by atoms with E-state index in [1.165, 1.54) is 29.7 Å². The minimum absolute atomic E-state index is 0.106. The van der Waals surface area contributed by atoms with E-state index in [9.17, 15) is 9.90 Å². The van der Waals surface area contributed by atoms with E-state index in [0.29, 0.717) is 24.1 Å². The molecule has 1 amide bonds. The number of rotatable bonds is 8. The van der Waals surface area contributed by atoms with Gasteiger partial charge in [0.25, 0.3) is 5.91 Å². The predicted octanol–water partition coefficient (Wildman–Crippen LogP) is 3.11. The van der Waals surface area contributed by atoms with Crippen molar-refractivity contribution in [3.05, 3.63) is 70.8 Å². The molecule has 5 heteroatoms. The van der Waals surface area contributed by atoms with Crippen LogP contribution in [0.5, 0.6) is 0 Å². The van der Waals surface area contributed by atoms with Crippen molar-refractivity contribution in [2.45, 2.75) is 51.8 Å². The predicted molar refractivity (Wildman–Crippen MR) is 129 cm³/mol. The molecule has 2 aromatic rings. The first kappa shape index (κ1) is 23.0. The van der Waals surface area contributed by atoms with E-state index in [1.54, 1.807) is 0 Å². The summed E-state index contributed by atoms with van der Waals surface area (Å²) >= 11 is 0. The summed E-state index contributed by atoms with van der Waals surface area (Å²) in [5.41, 5.74) is 4.65. The fourth-order valence-corrected chi connectivity index (χ4v) is 5.06. The maximum atomic E-state index is 12.7. The Morgan fingerprint density at radius 2 is 1.94 bits per heavy atom. The summed E-state index contributed by atoms with van der Waals surface area (Å²) in [5.74, 6) is 0.553. The summed E-state index contributed by atoms with van der Waals surface area (Å²) in [6.07, 6.45) is 2.68. The van der Waals surface area contributed by atoms with Crippen LogP contribution in [0, 0.1) is 5.92 Å². The normalized spacial score (nSPS) is 20.3. The molecule has 2 aromatic carbocycles. The number of carbonyl (C=O) groups is 1. The van der Waals surface area contributed by atoms with Gasteiger partial charge in [0.1, 0.15) is 0 Å². The number of nitrogens with zero attached hydrogens (tertiary/aromatic N) is 2. The van der Waals surface area contributed by atoms with E-state index in [1.807, 2.05) is 18.2 Å². The second-order valence-corrected chi connectivity index (χ2v) is 9.77. The Balaban J connectivity index is 1.24. The van der Waals surface area contributed by atoms with Gasteiger partial charge in [-0.25, -0.2) is 0 Å². The van der Waals surface area contributed by atoms with Crippen LogP contribution in [0.2, 0.25) is 0 Å². The number of benzene rings is 2. The molecule has 32 heavy (non-hydrogen) atoms. The number of hydrogen-bond acceptors (Lipinski definition) is 4. The van der Waals surface area contributed by atoms with Crippen molar-refractivity contribution in [2.75, 3.05) is 32.7 Å². The zero-order valence-corrected chi connectivity index (χ0v) is 19.5. The Hall–Kier alpha value is -2.21. The lowest BCUT2D eigenvalue weighted by molar-refractivity contribution is 0.0841. The van der Waals surface area contributed by atoms with Gasteiger partial charge in [-0.15, -0.1) is 0 Å². The van der Waals surface area contributed by atoms with E-state index >= 15 is 0 Å².